The van der Waals surface area contributed by atoms with Crippen molar-refractivity contribution in [3.63, 3.8) is 0 Å². The Labute approximate surface area is 127 Å². The number of halogens is 3. The second kappa shape index (κ2) is 7.40. The first-order valence-electron chi connectivity index (χ1n) is 7.11. The maximum absolute atomic E-state index is 12.1. The zero-order valence-corrected chi connectivity index (χ0v) is 12.8. The van der Waals surface area contributed by atoms with Gasteiger partial charge in [0.05, 0.1) is 0 Å². The van der Waals surface area contributed by atoms with Crippen LogP contribution in [-0.2, 0) is 6.42 Å². The molecule has 1 aliphatic rings. The molecule has 1 aromatic carbocycles. The Bertz CT molecular complexity index is 430. The highest BCUT2D eigenvalue weighted by atomic mass is 32.2. The molecule has 0 spiro atoms. The first-order chi connectivity index (χ1) is 9.98. The summed E-state index contributed by atoms with van der Waals surface area (Å²) in [4.78, 5) is 0. The Morgan fingerprint density at radius 3 is 2.52 bits per heavy atom. The molecular weight excluding hydrogens is 299 g/mol. The lowest BCUT2D eigenvalue weighted by Gasteiger charge is -2.29. The van der Waals surface area contributed by atoms with Crippen LogP contribution in [-0.4, -0.2) is 30.5 Å². The average molecular weight is 319 g/mol. The Morgan fingerprint density at radius 1 is 1.29 bits per heavy atom. The van der Waals surface area contributed by atoms with Crippen LogP contribution in [0.5, 0.6) is 5.75 Å². The Hall–Kier alpha value is -0.880. The fourth-order valence-corrected chi connectivity index (χ4v) is 4.05. The number of rotatable bonds is 5. The fourth-order valence-electron chi connectivity index (χ4n) is 2.58. The summed E-state index contributed by atoms with van der Waals surface area (Å²) >= 11 is 1.99. The molecule has 0 radical (unpaired) electrons. The van der Waals surface area contributed by atoms with Gasteiger partial charge in [-0.25, -0.2) is 0 Å². The third kappa shape index (κ3) is 5.43. The van der Waals surface area contributed by atoms with E-state index in [-0.39, 0.29) is 5.75 Å². The van der Waals surface area contributed by atoms with E-state index < -0.39 is 6.36 Å². The van der Waals surface area contributed by atoms with Crippen LogP contribution in [0.4, 0.5) is 13.2 Å². The zero-order valence-electron chi connectivity index (χ0n) is 12.0. The van der Waals surface area contributed by atoms with Crippen LogP contribution in [0.2, 0.25) is 0 Å². The molecule has 2 unspecified atom stereocenters. The molecule has 0 bridgehead atoms. The van der Waals surface area contributed by atoms with Gasteiger partial charge in [-0.3, -0.25) is 0 Å². The van der Waals surface area contributed by atoms with Crippen molar-refractivity contribution >= 4 is 11.8 Å². The SMILES string of the molecule is CNC(Cc1ccc(OC(F)(F)F)cc1)C1CCCCS1. The van der Waals surface area contributed by atoms with Gasteiger partial charge in [-0.2, -0.15) is 11.8 Å². The average Bonchev–Trinajstić information content (AvgIpc) is 2.46. The highest BCUT2D eigenvalue weighted by Crippen LogP contribution is 2.29. The number of hydrogen-bond donors (Lipinski definition) is 1. The van der Waals surface area contributed by atoms with Crippen LogP contribution in [0, 0.1) is 0 Å². The molecular formula is C15H20F3NOS. The largest absolute Gasteiger partial charge is 0.573 e. The highest BCUT2D eigenvalue weighted by Gasteiger charge is 2.31. The number of likely N-dealkylation sites (N-methyl/N-ethyl adjacent to an activating group) is 1. The van der Waals surface area contributed by atoms with Crippen molar-refractivity contribution in [2.24, 2.45) is 0 Å². The van der Waals surface area contributed by atoms with Crippen LogP contribution < -0.4 is 10.1 Å². The topological polar surface area (TPSA) is 21.3 Å². The van der Waals surface area contributed by atoms with E-state index in [0.717, 1.165) is 12.0 Å². The Morgan fingerprint density at radius 2 is 2.00 bits per heavy atom. The summed E-state index contributed by atoms with van der Waals surface area (Å²) in [5.74, 6) is 1.03. The summed E-state index contributed by atoms with van der Waals surface area (Å²) in [6.07, 6.45) is -0.0744. The maximum Gasteiger partial charge on any atom is 0.573 e. The summed E-state index contributed by atoms with van der Waals surface area (Å²) < 4.78 is 40.2. The minimum atomic E-state index is -4.63. The fraction of sp³-hybridized carbons (Fsp3) is 0.600. The van der Waals surface area contributed by atoms with Gasteiger partial charge < -0.3 is 10.1 Å². The van der Waals surface area contributed by atoms with E-state index in [1.807, 2.05) is 18.8 Å². The number of hydrogen-bond acceptors (Lipinski definition) is 3. The molecule has 2 atom stereocenters. The minimum Gasteiger partial charge on any atom is -0.406 e. The Kier molecular flexibility index (Phi) is 5.81. The third-order valence-electron chi connectivity index (χ3n) is 3.65. The lowest BCUT2D eigenvalue weighted by atomic mass is 9.99. The first kappa shape index (κ1) is 16.5. The van der Waals surface area contributed by atoms with Crippen LogP contribution in [0.25, 0.3) is 0 Å². The minimum absolute atomic E-state index is 0.167. The van der Waals surface area contributed by atoms with Gasteiger partial charge in [-0.15, -0.1) is 13.2 Å². The number of ether oxygens (including phenoxy) is 1. The molecule has 1 aromatic rings. The predicted octanol–water partition coefficient (Wildman–Crippen LogP) is 4.00. The van der Waals surface area contributed by atoms with Crippen molar-refractivity contribution in [3.05, 3.63) is 29.8 Å². The maximum atomic E-state index is 12.1. The number of thioether (sulfide) groups is 1. The van der Waals surface area contributed by atoms with Crippen molar-refractivity contribution in [2.75, 3.05) is 12.8 Å². The molecule has 1 fully saturated rings. The van der Waals surface area contributed by atoms with E-state index in [1.54, 1.807) is 12.1 Å². The van der Waals surface area contributed by atoms with E-state index in [9.17, 15) is 13.2 Å². The molecule has 0 amide bonds. The van der Waals surface area contributed by atoms with E-state index in [0.29, 0.717) is 11.3 Å². The van der Waals surface area contributed by atoms with E-state index >= 15 is 0 Å². The molecule has 118 valence electrons. The van der Waals surface area contributed by atoms with Crippen LogP contribution in [0.3, 0.4) is 0 Å². The van der Waals surface area contributed by atoms with Gasteiger partial charge in [-0.1, -0.05) is 18.6 Å². The van der Waals surface area contributed by atoms with Crippen molar-refractivity contribution in [3.8, 4) is 5.75 Å². The smallest absolute Gasteiger partial charge is 0.406 e. The first-order valence-corrected chi connectivity index (χ1v) is 8.16. The number of alkyl halides is 3. The summed E-state index contributed by atoms with van der Waals surface area (Å²) in [6.45, 7) is 0. The van der Waals surface area contributed by atoms with Crippen LogP contribution in [0.15, 0.2) is 24.3 Å². The summed E-state index contributed by atoms with van der Waals surface area (Å²) in [6, 6.07) is 6.52. The third-order valence-corrected chi connectivity index (χ3v) is 5.16. The molecule has 1 saturated heterocycles. The summed E-state index contributed by atoms with van der Waals surface area (Å²) in [5.41, 5.74) is 1.02. The van der Waals surface area contributed by atoms with Crippen molar-refractivity contribution in [2.45, 2.75) is 43.3 Å². The van der Waals surface area contributed by atoms with Gasteiger partial charge in [-0.05, 0) is 49.8 Å². The Balaban J connectivity index is 1.94. The second-order valence-corrected chi connectivity index (χ2v) is 6.54. The predicted molar refractivity (Wildman–Crippen MR) is 79.8 cm³/mol. The van der Waals surface area contributed by atoms with Crippen molar-refractivity contribution in [1.29, 1.82) is 0 Å². The number of benzene rings is 1. The van der Waals surface area contributed by atoms with Gasteiger partial charge in [0.15, 0.2) is 0 Å². The molecule has 1 heterocycles. The highest BCUT2D eigenvalue weighted by molar-refractivity contribution is 8.00. The molecule has 0 aromatic heterocycles. The molecule has 2 nitrogen and oxygen atoms in total. The van der Waals surface area contributed by atoms with E-state index in [1.165, 1.54) is 37.1 Å². The van der Waals surface area contributed by atoms with Crippen molar-refractivity contribution in [1.82, 2.24) is 5.32 Å². The van der Waals surface area contributed by atoms with Gasteiger partial charge in [0, 0.05) is 11.3 Å². The lowest BCUT2D eigenvalue weighted by molar-refractivity contribution is -0.274. The van der Waals surface area contributed by atoms with Gasteiger partial charge >= 0.3 is 6.36 Å². The van der Waals surface area contributed by atoms with E-state index in [4.69, 9.17) is 0 Å². The number of nitrogens with one attached hydrogen (secondary N) is 1. The normalized spacial score (nSPS) is 21.0. The van der Waals surface area contributed by atoms with Crippen molar-refractivity contribution < 1.29 is 17.9 Å². The van der Waals surface area contributed by atoms with E-state index in [2.05, 4.69) is 10.1 Å². The standard InChI is InChI=1S/C15H20F3NOS/c1-19-13(14-4-2-3-9-21-14)10-11-5-7-12(8-6-11)20-15(16,17)18/h5-8,13-14,19H,2-4,9-10H2,1H3. The molecule has 0 aliphatic carbocycles. The van der Waals surface area contributed by atoms with Gasteiger partial charge in [0.25, 0.3) is 0 Å². The van der Waals surface area contributed by atoms with Gasteiger partial charge in [0.2, 0.25) is 0 Å². The quantitative estimate of drug-likeness (QED) is 0.886. The van der Waals surface area contributed by atoms with Crippen LogP contribution >= 0.6 is 11.8 Å². The molecule has 21 heavy (non-hydrogen) atoms. The second-order valence-electron chi connectivity index (χ2n) is 5.20. The van der Waals surface area contributed by atoms with Gasteiger partial charge in [0.1, 0.15) is 5.75 Å². The molecule has 6 heteroatoms. The molecule has 1 N–H and O–H groups in total. The lowest BCUT2D eigenvalue weighted by Crippen LogP contribution is -2.38. The monoisotopic (exact) mass is 319 g/mol. The summed E-state index contributed by atoms with van der Waals surface area (Å²) in [7, 11) is 1.95. The molecule has 0 saturated carbocycles. The molecule has 2 rings (SSSR count). The van der Waals surface area contributed by atoms with Crippen LogP contribution in [0.1, 0.15) is 24.8 Å². The summed E-state index contributed by atoms with van der Waals surface area (Å²) in [5, 5.41) is 3.92. The zero-order chi connectivity index (χ0) is 15.3. The molecule has 1 aliphatic heterocycles.